The minimum absolute atomic E-state index is 0.768. The van der Waals surface area contributed by atoms with E-state index in [4.69, 9.17) is 9.47 Å². The average Bonchev–Trinajstić information content (AvgIpc) is 2.92. The molecule has 0 aliphatic rings. The molecule has 2 aromatic rings. The molecule has 4 heteroatoms. The Morgan fingerprint density at radius 2 is 2.05 bits per heavy atom. The molecular formula is C17H26N2O2. The summed E-state index contributed by atoms with van der Waals surface area (Å²) >= 11 is 0. The molecule has 1 heterocycles. The van der Waals surface area contributed by atoms with E-state index < -0.39 is 0 Å². The second-order valence-electron chi connectivity index (χ2n) is 5.14. The Balaban J connectivity index is 1.92. The maximum absolute atomic E-state index is 5.81. The van der Waals surface area contributed by atoms with Gasteiger partial charge in [-0.05, 0) is 37.6 Å². The Labute approximate surface area is 127 Å². The van der Waals surface area contributed by atoms with Crippen molar-refractivity contribution in [3.05, 3.63) is 30.5 Å². The minimum Gasteiger partial charge on any atom is -0.493 e. The number of ether oxygens (including phenoxy) is 2. The van der Waals surface area contributed by atoms with E-state index in [2.05, 4.69) is 47.3 Å². The fraction of sp³-hybridized carbons (Fsp3) is 0.529. The molecule has 0 aliphatic carbocycles. The summed E-state index contributed by atoms with van der Waals surface area (Å²) in [7, 11) is 1.73. The van der Waals surface area contributed by atoms with Gasteiger partial charge in [0.2, 0.25) is 0 Å². The summed E-state index contributed by atoms with van der Waals surface area (Å²) in [4.78, 5) is 0. The van der Waals surface area contributed by atoms with E-state index in [9.17, 15) is 0 Å². The number of rotatable bonds is 10. The smallest absolute Gasteiger partial charge is 0.128 e. The number of hydrogen-bond donors (Lipinski definition) is 1. The number of nitrogens with one attached hydrogen (secondary N) is 1. The first kappa shape index (κ1) is 15.9. The summed E-state index contributed by atoms with van der Waals surface area (Å²) in [6.45, 7) is 6.61. The lowest BCUT2D eigenvalue weighted by molar-refractivity contribution is 0.199. The van der Waals surface area contributed by atoms with Crippen LogP contribution in [0, 0.1) is 0 Å². The molecule has 0 bridgehead atoms. The molecule has 0 atom stereocenters. The number of nitrogens with zero attached hydrogens (tertiary/aromatic N) is 1. The summed E-state index contributed by atoms with van der Waals surface area (Å²) in [5, 5.41) is 4.58. The van der Waals surface area contributed by atoms with Crippen LogP contribution in [-0.2, 0) is 11.3 Å². The van der Waals surface area contributed by atoms with E-state index >= 15 is 0 Å². The van der Waals surface area contributed by atoms with Gasteiger partial charge in [0.25, 0.3) is 0 Å². The fourth-order valence-electron chi connectivity index (χ4n) is 2.40. The Morgan fingerprint density at radius 1 is 1.14 bits per heavy atom. The number of benzene rings is 1. The normalized spacial score (nSPS) is 11.1. The molecule has 0 saturated carbocycles. The molecule has 0 aliphatic heterocycles. The third kappa shape index (κ3) is 4.48. The molecule has 1 aromatic heterocycles. The van der Waals surface area contributed by atoms with Crippen molar-refractivity contribution in [3.63, 3.8) is 0 Å². The van der Waals surface area contributed by atoms with Crippen LogP contribution >= 0.6 is 0 Å². The van der Waals surface area contributed by atoms with Crippen molar-refractivity contribution in [1.82, 2.24) is 9.88 Å². The molecule has 0 saturated heterocycles. The highest BCUT2D eigenvalue weighted by atomic mass is 16.5. The first-order chi connectivity index (χ1) is 10.4. The van der Waals surface area contributed by atoms with Gasteiger partial charge >= 0.3 is 0 Å². The first-order valence-electron chi connectivity index (χ1n) is 7.77. The van der Waals surface area contributed by atoms with E-state index in [0.717, 1.165) is 51.4 Å². The lowest BCUT2D eigenvalue weighted by Gasteiger charge is -2.09. The molecule has 0 amide bonds. The van der Waals surface area contributed by atoms with Crippen molar-refractivity contribution in [2.24, 2.45) is 0 Å². The second-order valence-corrected chi connectivity index (χ2v) is 5.14. The number of fused-ring (bicyclic) bond motifs is 1. The number of methoxy groups -OCH3 is 1. The van der Waals surface area contributed by atoms with Crippen LogP contribution in [0.25, 0.3) is 10.9 Å². The predicted octanol–water partition coefficient (Wildman–Crippen LogP) is 3.06. The van der Waals surface area contributed by atoms with Crippen molar-refractivity contribution in [1.29, 1.82) is 0 Å². The molecule has 21 heavy (non-hydrogen) atoms. The molecule has 1 aromatic carbocycles. The van der Waals surface area contributed by atoms with Crippen molar-refractivity contribution in [3.8, 4) is 5.75 Å². The maximum Gasteiger partial charge on any atom is 0.128 e. The van der Waals surface area contributed by atoms with Gasteiger partial charge in [0.05, 0.1) is 18.7 Å². The summed E-state index contributed by atoms with van der Waals surface area (Å²) < 4.78 is 13.1. The zero-order valence-corrected chi connectivity index (χ0v) is 13.1. The van der Waals surface area contributed by atoms with Gasteiger partial charge < -0.3 is 19.4 Å². The van der Waals surface area contributed by atoms with Crippen LogP contribution in [0.5, 0.6) is 5.75 Å². The van der Waals surface area contributed by atoms with Crippen LogP contribution in [0.15, 0.2) is 30.5 Å². The van der Waals surface area contributed by atoms with Crippen molar-refractivity contribution < 1.29 is 9.47 Å². The zero-order chi connectivity index (χ0) is 14.9. The maximum atomic E-state index is 5.81. The van der Waals surface area contributed by atoms with Gasteiger partial charge in [-0.15, -0.1) is 0 Å². The van der Waals surface area contributed by atoms with Gasteiger partial charge in [0.1, 0.15) is 5.75 Å². The molecule has 0 unspecified atom stereocenters. The Morgan fingerprint density at radius 3 is 2.86 bits per heavy atom. The van der Waals surface area contributed by atoms with Gasteiger partial charge in [-0.2, -0.15) is 0 Å². The van der Waals surface area contributed by atoms with Gasteiger partial charge in [-0.25, -0.2) is 0 Å². The van der Waals surface area contributed by atoms with Gasteiger partial charge in [-0.1, -0.05) is 13.0 Å². The largest absolute Gasteiger partial charge is 0.493 e. The number of aromatic nitrogens is 1. The van der Waals surface area contributed by atoms with Crippen LogP contribution in [0.3, 0.4) is 0 Å². The van der Waals surface area contributed by atoms with E-state index in [0.29, 0.717) is 0 Å². The second kappa shape index (κ2) is 8.70. The third-order valence-electron chi connectivity index (χ3n) is 3.47. The highest BCUT2D eigenvalue weighted by Gasteiger charge is 2.06. The molecule has 4 nitrogen and oxygen atoms in total. The summed E-state index contributed by atoms with van der Waals surface area (Å²) in [5.74, 6) is 0.992. The Hall–Kier alpha value is -1.52. The van der Waals surface area contributed by atoms with Crippen LogP contribution in [0.1, 0.15) is 19.8 Å². The topological polar surface area (TPSA) is 35.4 Å². The van der Waals surface area contributed by atoms with E-state index in [1.807, 2.05) is 0 Å². The first-order valence-corrected chi connectivity index (χ1v) is 7.77. The molecule has 1 N–H and O–H groups in total. The summed E-state index contributed by atoms with van der Waals surface area (Å²) in [6, 6.07) is 8.43. The molecule has 0 radical (unpaired) electrons. The van der Waals surface area contributed by atoms with E-state index in [1.54, 1.807) is 7.11 Å². The monoisotopic (exact) mass is 290 g/mol. The quantitative estimate of drug-likeness (QED) is 0.683. The lowest BCUT2D eigenvalue weighted by Crippen LogP contribution is -2.21. The third-order valence-corrected chi connectivity index (χ3v) is 3.47. The highest BCUT2D eigenvalue weighted by Crippen LogP contribution is 2.26. The van der Waals surface area contributed by atoms with Crippen molar-refractivity contribution in [2.45, 2.75) is 26.3 Å². The van der Waals surface area contributed by atoms with E-state index in [-0.39, 0.29) is 0 Å². The highest BCUT2D eigenvalue weighted by molar-refractivity contribution is 5.86. The van der Waals surface area contributed by atoms with Gasteiger partial charge in [0, 0.05) is 31.8 Å². The Bertz CT molecular complexity index is 537. The van der Waals surface area contributed by atoms with Gasteiger partial charge in [-0.3, -0.25) is 0 Å². The lowest BCUT2D eigenvalue weighted by atomic mass is 10.2. The van der Waals surface area contributed by atoms with Crippen molar-refractivity contribution in [2.75, 3.05) is 33.4 Å². The van der Waals surface area contributed by atoms with Crippen LogP contribution in [0.4, 0.5) is 0 Å². The Kier molecular flexibility index (Phi) is 6.57. The molecule has 0 spiro atoms. The standard InChI is InChI=1S/C17H26N2O2/c1-3-13-21-17-7-4-6-16-15(17)8-12-19(16)11-5-9-18-10-14-20-2/h4,6-8,12,18H,3,5,9-11,13-14H2,1-2H3. The van der Waals surface area contributed by atoms with Crippen molar-refractivity contribution >= 4 is 10.9 Å². The number of hydrogen-bond acceptors (Lipinski definition) is 3. The number of aryl methyl sites for hydroxylation is 1. The van der Waals surface area contributed by atoms with Crippen LogP contribution < -0.4 is 10.1 Å². The molecular weight excluding hydrogens is 264 g/mol. The molecule has 2 rings (SSSR count). The van der Waals surface area contributed by atoms with Crippen LogP contribution in [-0.4, -0.2) is 38.0 Å². The fourth-order valence-corrected chi connectivity index (χ4v) is 2.40. The van der Waals surface area contributed by atoms with Gasteiger partial charge in [0.15, 0.2) is 0 Å². The minimum atomic E-state index is 0.768. The average molecular weight is 290 g/mol. The van der Waals surface area contributed by atoms with E-state index in [1.165, 1.54) is 10.9 Å². The predicted molar refractivity (Wildman–Crippen MR) is 87.1 cm³/mol. The molecule has 116 valence electrons. The SMILES string of the molecule is CCCOc1cccc2c1ccn2CCCNCCOC. The molecule has 0 fully saturated rings. The summed E-state index contributed by atoms with van der Waals surface area (Å²) in [5.41, 5.74) is 1.25. The van der Waals surface area contributed by atoms with Crippen LogP contribution in [0.2, 0.25) is 0 Å². The summed E-state index contributed by atoms with van der Waals surface area (Å²) in [6.07, 6.45) is 4.29. The zero-order valence-electron chi connectivity index (χ0n) is 13.1.